The second-order valence-corrected chi connectivity index (χ2v) is 4.34. The van der Waals surface area contributed by atoms with Gasteiger partial charge in [-0.3, -0.25) is 4.79 Å². The van der Waals surface area contributed by atoms with Crippen molar-refractivity contribution in [3.63, 3.8) is 0 Å². The molecule has 2 aromatic rings. The number of phenols is 1. The number of ketones is 1. The summed E-state index contributed by atoms with van der Waals surface area (Å²) in [5, 5.41) is 10.2. The van der Waals surface area contributed by atoms with Crippen LogP contribution in [0.1, 0.15) is 15.9 Å². The average Bonchev–Trinajstić information content (AvgIpc) is 2.32. The SMILES string of the molecule is O=C(c1ccc(Cl)cc1)c1cc(O)ccc1Cl. The van der Waals surface area contributed by atoms with Gasteiger partial charge in [-0.15, -0.1) is 0 Å². The summed E-state index contributed by atoms with van der Waals surface area (Å²) in [6.07, 6.45) is 0. The van der Waals surface area contributed by atoms with E-state index in [0.717, 1.165) is 0 Å². The van der Waals surface area contributed by atoms with Crippen molar-refractivity contribution in [3.05, 3.63) is 63.6 Å². The molecule has 86 valence electrons. The molecule has 2 rings (SSSR count). The summed E-state index contributed by atoms with van der Waals surface area (Å²) in [5.41, 5.74) is 0.746. The summed E-state index contributed by atoms with van der Waals surface area (Å²) >= 11 is 11.7. The Morgan fingerprint density at radius 3 is 2.29 bits per heavy atom. The van der Waals surface area contributed by atoms with E-state index in [1.807, 2.05) is 0 Å². The molecular formula is C13H8Cl2O2. The minimum Gasteiger partial charge on any atom is -0.508 e. The highest BCUT2D eigenvalue weighted by atomic mass is 35.5. The first-order valence-electron chi connectivity index (χ1n) is 4.87. The Labute approximate surface area is 108 Å². The Hall–Kier alpha value is -1.51. The molecule has 0 fully saturated rings. The molecule has 4 heteroatoms. The highest BCUT2D eigenvalue weighted by Crippen LogP contribution is 2.24. The second-order valence-electron chi connectivity index (χ2n) is 3.50. The van der Waals surface area contributed by atoms with Crippen molar-refractivity contribution in [2.24, 2.45) is 0 Å². The lowest BCUT2D eigenvalue weighted by atomic mass is 10.0. The van der Waals surface area contributed by atoms with Crippen LogP contribution in [0, 0.1) is 0 Å². The Balaban J connectivity index is 2.43. The molecule has 0 saturated heterocycles. The number of benzene rings is 2. The summed E-state index contributed by atoms with van der Waals surface area (Å²) < 4.78 is 0. The van der Waals surface area contributed by atoms with E-state index in [1.54, 1.807) is 24.3 Å². The van der Waals surface area contributed by atoms with Crippen molar-refractivity contribution < 1.29 is 9.90 Å². The second kappa shape index (κ2) is 4.78. The molecular weight excluding hydrogens is 259 g/mol. The normalized spacial score (nSPS) is 10.2. The number of aromatic hydroxyl groups is 1. The third-order valence-corrected chi connectivity index (χ3v) is 2.88. The minimum atomic E-state index is -0.248. The maximum atomic E-state index is 12.1. The van der Waals surface area contributed by atoms with Crippen LogP contribution < -0.4 is 0 Å². The Morgan fingerprint density at radius 1 is 1.00 bits per heavy atom. The van der Waals surface area contributed by atoms with Crippen LogP contribution in [0.2, 0.25) is 10.0 Å². The van der Waals surface area contributed by atoms with Gasteiger partial charge in [0.2, 0.25) is 0 Å². The first-order valence-corrected chi connectivity index (χ1v) is 5.62. The highest BCUT2D eigenvalue weighted by molar-refractivity contribution is 6.35. The van der Waals surface area contributed by atoms with Gasteiger partial charge in [-0.25, -0.2) is 0 Å². The van der Waals surface area contributed by atoms with Gasteiger partial charge in [0.05, 0.1) is 5.02 Å². The number of hydrogen-bond acceptors (Lipinski definition) is 2. The molecule has 0 aliphatic heterocycles. The van der Waals surface area contributed by atoms with E-state index >= 15 is 0 Å². The molecule has 2 aromatic carbocycles. The van der Waals surface area contributed by atoms with Gasteiger partial charge in [0.25, 0.3) is 0 Å². The molecule has 0 atom stereocenters. The monoisotopic (exact) mass is 266 g/mol. The lowest BCUT2D eigenvalue weighted by molar-refractivity contribution is 0.103. The smallest absolute Gasteiger partial charge is 0.194 e. The Bertz CT molecular complexity index is 562. The van der Waals surface area contributed by atoms with Gasteiger partial charge in [0.1, 0.15) is 5.75 Å². The van der Waals surface area contributed by atoms with Crippen molar-refractivity contribution in [2.45, 2.75) is 0 Å². The number of phenolic OH excluding ortho intramolecular Hbond substituents is 1. The van der Waals surface area contributed by atoms with Crippen LogP contribution in [0.3, 0.4) is 0 Å². The third kappa shape index (κ3) is 2.60. The van der Waals surface area contributed by atoms with E-state index in [2.05, 4.69) is 0 Å². The first kappa shape index (κ1) is 12.0. The van der Waals surface area contributed by atoms with Crippen LogP contribution in [0.5, 0.6) is 5.75 Å². The molecule has 0 aromatic heterocycles. The van der Waals surface area contributed by atoms with Crippen LogP contribution in [-0.4, -0.2) is 10.9 Å². The fourth-order valence-corrected chi connectivity index (χ4v) is 1.77. The van der Waals surface area contributed by atoms with Gasteiger partial charge in [0, 0.05) is 16.1 Å². The van der Waals surface area contributed by atoms with Crippen LogP contribution in [0.4, 0.5) is 0 Å². The van der Waals surface area contributed by atoms with Gasteiger partial charge < -0.3 is 5.11 Å². The van der Waals surface area contributed by atoms with E-state index in [1.165, 1.54) is 18.2 Å². The van der Waals surface area contributed by atoms with Gasteiger partial charge in [-0.05, 0) is 42.5 Å². The number of hydrogen-bond donors (Lipinski definition) is 1. The molecule has 17 heavy (non-hydrogen) atoms. The number of rotatable bonds is 2. The molecule has 0 bridgehead atoms. The fraction of sp³-hybridized carbons (Fsp3) is 0. The molecule has 2 nitrogen and oxygen atoms in total. The molecule has 0 saturated carbocycles. The maximum Gasteiger partial charge on any atom is 0.194 e. The standard InChI is InChI=1S/C13H8Cl2O2/c14-9-3-1-8(2-4-9)13(17)11-7-10(16)5-6-12(11)15/h1-7,16H. The van der Waals surface area contributed by atoms with E-state index < -0.39 is 0 Å². The zero-order valence-electron chi connectivity index (χ0n) is 8.65. The van der Waals surface area contributed by atoms with Gasteiger partial charge in [0.15, 0.2) is 5.78 Å². The van der Waals surface area contributed by atoms with Crippen molar-refractivity contribution in [1.82, 2.24) is 0 Å². The molecule has 0 amide bonds. The summed E-state index contributed by atoms with van der Waals surface area (Å²) in [7, 11) is 0. The summed E-state index contributed by atoms with van der Waals surface area (Å²) in [4.78, 5) is 12.1. The molecule has 0 unspecified atom stereocenters. The quantitative estimate of drug-likeness (QED) is 0.837. The van der Waals surface area contributed by atoms with E-state index in [-0.39, 0.29) is 17.1 Å². The zero-order chi connectivity index (χ0) is 12.4. The van der Waals surface area contributed by atoms with Crippen LogP contribution in [-0.2, 0) is 0 Å². The largest absolute Gasteiger partial charge is 0.508 e. The van der Waals surface area contributed by atoms with Gasteiger partial charge in [-0.1, -0.05) is 23.2 Å². The topological polar surface area (TPSA) is 37.3 Å². The predicted octanol–water partition coefficient (Wildman–Crippen LogP) is 3.93. The first-order chi connectivity index (χ1) is 8.08. The maximum absolute atomic E-state index is 12.1. The minimum absolute atomic E-state index is 0.00622. The summed E-state index contributed by atoms with van der Waals surface area (Å²) in [6, 6.07) is 10.8. The summed E-state index contributed by atoms with van der Waals surface area (Å²) in [5.74, 6) is -0.241. The van der Waals surface area contributed by atoms with Crippen LogP contribution in [0.25, 0.3) is 0 Å². The zero-order valence-corrected chi connectivity index (χ0v) is 10.2. The van der Waals surface area contributed by atoms with Crippen molar-refractivity contribution in [3.8, 4) is 5.75 Å². The molecule has 0 spiro atoms. The fourth-order valence-electron chi connectivity index (χ4n) is 1.44. The third-order valence-electron chi connectivity index (χ3n) is 2.30. The van der Waals surface area contributed by atoms with Crippen molar-refractivity contribution >= 4 is 29.0 Å². The summed E-state index contributed by atoms with van der Waals surface area (Å²) in [6.45, 7) is 0. The number of carbonyl (C=O) groups excluding carboxylic acids is 1. The molecule has 0 heterocycles. The van der Waals surface area contributed by atoms with E-state index in [9.17, 15) is 9.90 Å². The van der Waals surface area contributed by atoms with E-state index in [0.29, 0.717) is 15.6 Å². The van der Waals surface area contributed by atoms with Gasteiger partial charge >= 0.3 is 0 Å². The average molecular weight is 267 g/mol. The van der Waals surface area contributed by atoms with Crippen molar-refractivity contribution in [2.75, 3.05) is 0 Å². The van der Waals surface area contributed by atoms with Crippen molar-refractivity contribution in [1.29, 1.82) is 0 Å². The van der Waals surface area contributed by atoms with Gasteiger partial charge in [-0.2, -0.15) is 0 Å². The number of halogens is 2. The lowest BCUT2D eigenvalue weighted by Crippen LogP contribution is -2.01. The Morgan fingerprint density at radius 2 is 1.65 bits per heavy atom. The Kier molecular flexibility index (Phi) is 3.36. The van der Waals surface area contributed by atoms with E-state index in [4.69, 9.17) is 23.2 Å². The molecule has 0 aliphatic rings. The predicted molar refractivity (Wildman–Crippen MR) is 68.0 cm³/mol. The van der Waals surface area contributed by atoms with Crippen LogP contribution in [0.15, 0.2) is 42.5 Å². The molecule has 1 N–H and O–H groups in total. The highest BCUT2D eigenvalue weighted by Gasteiger charge is 2.13. The van der Waals surface area contributed by atoms with Crippen LogP contribution >= 0.6 is 23.2 Å². The number of carbonyl (C=O) groups is 1. The lowest BCUT2D eigenvalue weighted by Gasteiger charge is -2.04. The molecule has 0 radical (unpaired) electrons. The molecule has 0 aliphatic carbocycles.